The molecule has 0 radical (unpaired) electrons. The van der Waals surface area contributed by atoms with E-state index in [4.69, 9.17) is 14.8 Å². The number of nitrogens with zero attached hydrogens (tertiary/aromatic N) is 3. The number of aryl methyl sites for hydroxylation is 2. The van der Waals surface area contributed by atoms with E-state index in [-0.39, 0.29) is 11.8 Å². The van der Waals surface area contributed by atoms with Gasteiger partial charge in [0.2, 0.25) is 11.0 Å². The van der Waals surface area contributed by atoms with Crippen LogP contribution in [0.15, 0.2) is 40.9 Å². The number of thiazole rings is 1. The standard InChI is InChI=1S/C22H19BrN4O2S/c1-11-4-6-16-18(8-11)30-22(24-16)27-21-20(12(2)26-27)14(10-19(28)25-21)13-5-7-17(29-3)15(23)9-13/h4-9,14H,10H2,1-3H3,(H,25,28). The van der Waals surface area contributed by atoms with E-state index in [0.717, 1.165) is 42.4 Å². The molecule has 0 bridgehead atoms. The summed E-state index contributed by atoms with van der Waals surface area (Å²) in [5.74, 6) is 1.35. The summed E-state index contributed by atoms with van der Waals surface area (Å²) in [5.41, 5.74) is 5.08. The molecule has 2 aromatic heterocycles. The number of carbonyl (C=O) groups is 1. The minimum absolute atomic E-state index is 0.0300. The summed E-state index contributed by atoms with van der Waals surface area (Å²) in [6.07, 6.45) is 0.372. The second kappa shape index (κ2) is 7.21. The molecule has 0 fully saturated rings. The van der Waals surface area contributed by atoms with E-state index in [2.05, 4.69) is 40.3 Å². The normalized spacial score (nSPS) is 15.9. The van der Waals surface area contributed by atoms with Gasteiger partial charge in [-0.15, -0.1) is 0 Å². The van der Waals surface area contributed by atoms with Gasteiger partial charge in [0.05, 0.1) is 27.5 Å². The van der Waals surface area contributed by atoms with Gasteiger partial charge in [0.15, 0.2) is 0 Å². The number of hydrogen-bond donors (Lipinski definition) is 1. The topological polar surface area (TPSA) is 69.0 Å². The monoisotopic (exact) mass is 482 g/mol. The summed E-state index contributed by atoms with van der Waals surface area (Å²) < 4.78 is 9.09. The van der Waals surface area contributed by atoms with Crippen molar-refractivity contribution < 1.29 is 9.53 Å². The highest BCUT2D eigenvalue weighted by Crippen LogP contribution is 2.42. The van der Waals surface area contributed by atoms with Gasteiger partial charge in [-0.3, -0.25) is 4.79 Å². The summed E-state index contributed by atoms with van der Waals surface area (Å²) in [7, 11) is 1.64. The summed E-state index contributed by atoms with van der Waals surface area (Å²) in [4.78, 5) is 17.4. The largest absolute Gasteiger partial charge is 0.496 e. The van der Waals surface area contributed by atoms with Crippen LogP contribution >= 0.6 is 27.3 Å². The molecular formula is C22H19BrN4O2S. The zero-order chi connectivity index (χ0) is 21.0. The van der Waals surface area contributed by atoms with Crippen molar-refractivity contribution in [3.63, 3.8) is 0 Å². The Balaban J connectivity index is 1.65. The predicted octanol–water partition coefficient (Wildman–Crippen LogP) is 5.34. The maximum Gasteiger partial charge on any atom is 0.226 e. The Hall–Kier alpha value is -2.71. The average molecular weight is 483 g/mol. The van der Waals surface area contributed by atoms with Crippen LogP contribution in [0, 0.1) is 13.8 Å². The van der Waals surface area contributed by atoms with Gasteiger partial charge in [-0.1, -0.05) is 23.5 Å². The van der Waals surface area contributed by atoms with Gasteiger partial charge in [-0.2, -0.15) is 9.78 Å². The van der Waals surface area contributed by atoms with Crippen molar-refractivity contribution in [1.82, 2.24) is 14.8 Å². The molecule has 1 unspecified atom stereocenters. The van der Waals surface area contributed by atoms with Crippen molar-refractivity contribution in [1.29, 1.82) is 0 Å². The molecule has 152 valence electrons. The Morgan fingerprint density at radius 1 is 1.23 bits per heavy atom. The third kappa shape index (κ3) is 3.11. The average Bonchev–Trinajstić information content (AvgIpc) is 3.27. The van der Waals surface area contributed by atoms with E-state index in [0.29, 0.717) is 12.2 Å². The Kier molecular flexibility index (Phi) is 4.63. The number of amides is 1. The smallest absolute Gasteiger partial charge is 0.226 e. The number of halogens is 1. The number of nitrogens with one attached hydrogen (secondary N) is 1. The highest BCUT2D eigenvalue weighted by molar-refractivity contribution is 9.10. The molecule has 0 saturated carbocycles. The van der Waals surface area contributed by atoms with Gasteiger partial charge < -0.3 is 10.1 Å². The molecule has 1 aliphatic rings. The molecule has 0 spiro atoms. The first-order chi connectivity index (χ1) is 14.4. The molecule has 1 amide bonds. The van der Waals surface area contributed by atoms with Gasteiger partial charge in [-0.05, 0) is 65.2 Å². The van der Waals surface area contributed by atoms with Gasteiger partial charge in [0.1, 0.15) is 11.6 Å². The molecule has 2 aromatic carbocycles. The number of hydrogen-bond acceptors (Lipinski definition) is 5. The lowest BCUT2D eigenvalue weighted by Gasteiger charge is -2.24. The lowest BCUT2D eigenvalue weighted by molar-refractivity contribution is -0.116. The Morgan fingerprint density at radius 3 is 2.83 bits per heavy atom. The maximum absolute atomic E-state index is 12.6. The van der Waals surface area contributed by atoms with Crippen molar-refractivity contribution in [2.75, 3.05) is 12.4 Å². The molecule has 5 rings (SSSR count). The van der Waals surface area contributed by atoms with Gasteiger partial charge in [-0.25, -0.2) is 4.98 Å². The van der Waals surface area contributed by atoms with Gasteiger partial charge in [0, 0.05) is 17.9 Å². The summed E-state index contributed by atoms with van der Waals surface area (Å²) >= 11 is 5.13. The summed E-state index contributed by atoms with van der Waals surface area (Å²) in [6.45, 7) is 4.05. The van der Waals surface area contributed by atoms with E-state index in [1.54, 1.807) is 23.1 Å². The van der Waals surface area contributed by atoms with Crippen molar-refractivity contribution in [2.45, 2.75) is 26.2 Å². The number of aromatic nitrogens is 3. The minimum Gasteiger partial charge on any atom is -0.496 e. The number of anilines is 1. The summed E-state index contributed by atoms with van der Waals surface area (Å²) in [5, 5.41) is 8.54. The first-order valence-electron chi connectivity index (χ1n) is 9.55. The number of ether oxygens (including phenoxy) is 1. The highest BCUT2D eigenvalue weighted by atomic mass is 79.9. The quantitative estimate of drug-likeness (QED) is 0.427. The fourth-order valence-electron chi connectivity index (χ4n) is 3.98. The fraction of sp³-hybridized carbons (Fsp3) is 0.227. The molecule has 1 atom stereocenters. The molecule has 1 N–H and O–H groups in total. The number of rotatable bonds is 3. The lowest BCUT2D eigenvalue weighted by atomic mass is 9.86. The molecular weight excluding hydrogens is 464 g/mol. The third-order valence-corrected chi connectivity index (χ3v) is 7.01. The molecule has 4 aromatic rings. The first kappa shape index (κ1) is 19.3. The lowest BCUT2D eigenvalue weighted by Crippen LogP contribution is -2.25. The maximum atomic E-state index is 12.6. The van der Waals surface area contributed by atoms with Crippen LogP contribution in [-0.4, -0.2) is 27.8 Å². The summed E-state index contributed by atoms with van der Waals surface area (Å²) in [6, 6.07) is 12.1. The van der Waals surface area contributed by atoms with Crippen LogP contribution in [0.2, 0.25) is 0 Å². The number of benzene rings is 2. The SMILES string of the molecule is COc1ccc(C2CC(=O)Nc3c2c(C)nn3-c2nc3ccc(C)cc3s2)cc1Br. The molecule has 8 heteroatoms. The van der Waals surface area contributed by atoms with Crippen LogP contribution in [0.25, 0.3) is 15.3 Å². The Morgan fingerprint density at radius 2 is 2.07 bits per heavy atom. The molecule has 0 aliphatic carbocycles. The third-order valence-electron chi connectivity index (χ3n) is 5.39. The van der Waals surface area contributed by atoms with Crippen molar-refractivity contribution in [3.05, 3.63) is 63.3 Å². The number of fused-ring (bicyclic) bond motifs is 2. The number of methoxy groups -OCH3 is 1. The fourth-order valence-corrected chi connectivity index (χ4v) is 5.56. The van der Waals surface area contributed by atoms with Crippen molar-refractivity contribution in [3.8, 4) is 10.9 Å². The van der Waals surface area contributed by atoms with Crippen molar-refractivity contribution in [2.24, 2.45) is 0 Å². The van der Waals surface area contributed by atoms with Gasteiger partial charge >= 0.3 is 0 Å². The molecule has 6 nitrogen and oxygen atoms in total. The van der Waals surface area contributed by atoms with Crippen LogP contribution in [0.1, 0.15) is 34.7 Å². The van der Waals surface area contributed by atoms with E-state index in [1.807, 2.05) is 31.2 Å². The van der Waals surface area contributed by atoms with Crippen LogP contribution < -0.4 is 10.1 Å². The number of carbonyl (C=O) groups excluding carboxylic acids is 1. The van der Waals surface area contributed by atoms with Crippen LogP contribution in [-0.2, 0) is 4.79 Å². The second-order valence-electron chi connectivity index (χ2n) is 7.43. The van der Waals surface area contributed by atoms with Crippen LogP contribution in [0.3, 0.4) is 0 Å². The molecule has 30 heavy (non-hydrogen) atoms. The van der Waals surface area contributed by atoms with E-state index >= 15 is 0 Å². The molecule has 0 saturated heterocycles. The molecule has 1 aliphatic heterocycles. The van der Waals surface area contributed by atoms with Crippen molar-refractivity contribution >= 4 is 49.2 Å². The predicted molar refractivity (Wildman–Crippen MR) is 122 cm³/mol. The zero-order valence-corrected chi connectivity index (χ0v) is 19.1. The molecule has 3 heterocycles. The Bertz CT molecular complexity index is 1310. The Labute approximate surface area is 186 Å². The first-order valence-corrected chi connectivity index (χ1v) is 11.2. The highest BCUT2D eigenvalue weighted by Gasteiger charge is 2.33. The minimum atomic E-state index is -0.0821. The van der Waals surface area contributed by atoms with E-state index < -0.39 is 0 Å². The van der Waals surface area contributed by atoms with Gasteiger partial charge in [0.25, 0.3) is 0 Å². The van der Waals surface area contributed by atoms with E-state index in [1.165, 1.54) is 5.56 Å². The van der Waals surface area contributed by atoms with Crippen LogP contribution in [0.4, 0.5) is 5.82 Å². The second-order valence-corrected chi connectivity index (χ2v) is 9.29. The van der Waals surface area contributed by atoms with E-state index in [9.17, 15) is 4.79 Å². The zero-order valence-electron chi connectivity index (χ0n) is 16.7. The van der Waals surface area contributed by atoms with Crippen LogP contribution in [0.5, 0.6) is 5.75 Å².